The average molecular weight is 1120 g/mol. The van der Waals surface area contributed by atoms with Crippen LogP contribution in [0.1, 0.15) is 142 Å². The Kier molecular flexibility index (Phi) is 12.7. The number of benzene rings is 10. The Labute approximate surface area is 513 Å². The van der Waals surface area contributed by atoms with Gasteiger partial charge in [-0.05, 0) is 174 Å². The van der Waals surface area contributed by atoms with Gasteiger partial charge in [-0.25, -0.2) is 0 Å². The molecule has 3 heterocycles. The SMILES string of the molecule is CC(C)(C)c1ccc(N2c3cc(-c4ccccc4)ccc3B3c4ccc(C(C)(C)C)cc4N(c4ccc(C(C)(C)C)cc4-c4ccccc4)c4cc(N5c6ccc(C(C)(C)C)cc6C6(C)CCc7ccccc7C56C)cc2c43)c(-c2ccccc2)c1. The third-order valence-electron chi connectivity index (χ3n) is 20.3. The number of hydrogen-bond acceptors (Lipinski definition) is 3. The van der Waals surface area contributed by atoms with Crippen LogP contribution in [-0.2, 0) is 39.0 Å². The van der Waals surface area contributed by atoms with Gasteiger partial charge in [0.25, 0.3) is 6.71 Å². The fourth-order valence-corrected chi connectivity index (χ4v) is 15.2. The van der Waals surface area contributed by atoms with Crippen molar-refractivity contribution in [3.63, 3.8) is 0 Å². The predicted octanol–water partition coefficient (Wildman–Crippen LogP) is 20.2. The van der Waals surface area contributed by atoms with Crippen LogP contribution in [0.3, 0.4) is 0 Å². The first kappa shape index (κ1) is 55.5. The number of hydrogen-bond donors (Lipinski definition) is 0. The van der Waals surface area contributed by atoms with Crippen LogP contribution < -0.4 is 31.1 Å². The average Bonchev–Trinajstić information content (AvgIpc) is 1.40. The van der Waals surface area contributed by atoms with E-state index in [4.69, 9.17) is 0 Å². The first-order valence-corrected chi connectivity index (χ1v) is 31.5. The summed E-state index contributed by atoms with van der Waals surface area (Å²) in [5.41, 5.74) is 29.3. The summed E-state index contributed by atoms with van der Waals surface area (Å²) >= 11 is 0. The molecule has 14 rings (SSSR count). The van der Waals surface area contributed by atoms with Crippen LogP contribution in [0.5, 0.6) is 0 Å². The number of fused-ring (bicyclic) bond motifs is 9. The Balaban J connectivity index is 1.17. The molecule has 10 aromatic rings. The lowest BCUT2D eigenvalue weighted by molar-refractivity contribution is 0.245. The highest BCUT2D eigenvalue weighted by molar-refractivity contribution is 7.00. The van der Waals surface area contributed by atoms with E-state index in [0.29, 0.717) is 0 Å². The van der Waals surface area contributed by atoms with Gasteiger partial charge in [0.1, 0.15) is 0 Å². The van der Waals surface area contributed by atoms with E-state index in [0.717, 1.165) is 18.5 Å². The molecule has 0 N–H and O–H groups in total. The Morgan fingerprint density at radius 3 is 1.30 bits per heavy atom. The molecule has 2 unspecified atom stereocenters. The maximum absolute atomic E-state index is 2.81. The zero-order valence-electron chi connectivity index (χ0n) is 53.1. The molecule has 428 valence electrons. The molecule has 0 saturated carbocycles. The first-order chi connectivity index (χ1) is 40.9. The van der Waals surface area contributed by atoms with Crippen molar-refractivity contribution in [2.45, 2.75) is 142 Å². The van der Waals surface area contributed by atoms with Crippen LogP contribution in [0.15, 0.2) is 218 Å². The normalized spacial score (nSPS) is 17.8. The molecule has 3 aliphatic heterocycles. The van der Waals surface area contributed by atoms with Crippen LogP contribution in [-0.4, -0.2) is 6.71 Å². The summed E-state index contributed by atoms with van der Waals surface area (Å²) in [4.78, 5) is 8.21. The molecular formula is C82H82BN3. The molecular weight excluding hydrogens is 1040 g/mol. The summed E-state index contributed by atoms with van der Waals surface area (Å²) in [7, 11) is 0. The van der Waals surface area contributed by atoms with E-state index < -0.39 is 5.54 Å². The number of nitrogens with zero attached hydrogens (tertiary/aromatic N) is 3. The van der Waals surface area contributed by atoms with Gasteiger partial charge < -0.3 is 14.7 Å². The standard InChI is InChI=1S/C82H82BN3/c1-77(2,3)58-36-41-69(63(47-58)54-28-20-16-21-29-54)84-72-46-57(53-26-18-15-19-27-53)34-39-67(72)83-68-40-35-61(80(10,11)12)50-73(68)85(70-42-37-59(78(4,5)6)48-64(70)55-30-22-17-23-31-55)75-52-62(51-74(84)76(75)83)86-71-43-38-60(79(7,8)9)49-66(71)81(13)45-44-56-32-24-25-33-65(56)82(81,86)14/h15-43,46-52H,44-45H2,1-14H3. The van der Waals surface area contributed by atoms with Crippen LogP contribution in [0, 0.1) is 0 Å². The van der Waals surface area contributed by atoms with Crippen LogP contribution in [0.2, 0.25) is 0 Å². The zero-order chi connectivity index (χ0) is 60.0. The van der Waals surface area contributed by atoms with E-state index in [1.54, 1.807) is 0 Å². The van der Waals surface area contributed by atoms with E-state index >= 15 is 0 Å². The molecule has 0 spiro atoms. The lowest BCUT2D eigenvalue weighted by Gasteiger charge is -2.52. The number of aryl methyl sites for hydroxylation is 1. The third kappa shape index (κ3) is 8.66. The van der Waals surface area contributed by atoms with Gasteiger partial charge in [0.15, 0.2) is 0 Å². The van der Waals surface area contributed by atoms with E-state index in [2.05, 4.69) is 330 Å². The van der Waals surface area contributed by atoms with E-state index in [-0.39, 0.29) is 33.8 Å². The van der Waals surface area contributed by atoms with Gasteiger partial charge in [0.2, 0.25) is 0 Å². The largest absolute Gasteiger partial charge is 0.330 e. The second kappa shape index (κ2) is 19.6. The van der Waals surface area contributed by atoms with Crippen molar-refractivity contribution in [1.29, 1.82) is 0 Å². The fraction of sp³-hybridized carbons (Fsp3) is 0.268. The lowest BCUT2D eigenvalue weighted by atomic mass is 9.33. The van der Waals surface area contributed by atoms with Gasteiger partial charge in [0.05, 0.1) is 16.9 Å². The maximum atomic E-state index is 2.81. The number of rotatable bonds is 6. The highest BCUT2D eigenvalue weighted by Gasteiger charge is 2.60. The Bertz CT molecular complexity index is 4320. The van der Waals surface area contributed by atoms with E-state index in [1.807, 2.05) is 0 Å². The van der Waals surface area contributed by atoms with Crippen molar-refractivity contribution in [2.75, 3.05) is 14.7 Å². The van der Waals surface area contributed by atoms with E-state index in [1.165, 1.54) is 129 Å². The molecule has 4 aliphatic rings. The second-order valence-corrected chi connectivity index (χ2v) is 29.7. The van der Waals surface area contributed by atoms with Crippen molar-refractivity contribution in [3.8, 4) is 33.4 Å². The molecule has 0 saturated heterocycles. The second-order valence-electron chi connectivity index (χ2n) is 29.7. The maximum Gasteiger partial charge on any atom is 0.252 e. The zero-order valence-corrected chi connectivity index (χ0v) is 53.1. The first-order valence-electron chi connectivity index (χ1n) is 31.5. The summed E-state index contributed by atoms with van der Waals surface area (Å²) in [5.74, 6) is 0. The summed E-state index contributed by atoms with van der Waals surface area (Å²) in [6.45, 7) is 33.3. The highest BCUT2D eigenvalue weighted by Crippen LogP contribution is 2.65. The van der Waals surface area contributed by atoms with Gasteiger partial charge in [-0.2, -0.15) is 0 Å². The Morgan fingerprint density at radius 1 is 0.349 bits per heavy atom. The quantitative estimate of drug-likeness (QED) is 0.154. The minimum atomic E-state index is -0.469. The topological polar surface area (TPSA) is 9.72 Å². The molecule has 0 bridgehead atoms. The molecule has 4 heteroatoms. The van der Waals surface area contributed by atoms with Crippen LogP contribution in [0.25, 0.3) is 33.4 Å². The Morgan fingerprint density at radius 2 is 0.779 bits per heavy atom. The molecule has 86 heavy (non-hydrogen) atoms. The lowest BCUT2D eigenvalue weighted by Crippen LogP contribution is -2.61. The summed E-state index contributed by atoms with van der Waals surface area (Å²) in [6, 6.07) is 85.0. The van der Waals surface area contributed by atoms with Crippen molar-refractivity contribution < 1.29 is 0 Å². The molecule has 0 radical (unpaired) electrons. The van der Waals surface area contributed by atoms with E-state index in [9.17, 15) is 0 Å². The highest BCUT2D eigenvalue weighted by atomic mass is 15.3. The monoisotopic (exact) mass is 1120 g/mol. The molecule has 0 fully saturated rings. The predicted molar refractivity (Wildman–Crippen MR) is 370 cm³/mol. The van der Waals surface area contributed by atoms with Gasteiger partial charge in [-0.15, -0.1) is 0 Å². The fourth-order valence-electron chi connectivity index (χ4n) is 15.2. The van der Waals surface area contributed by atoms with Crippen LogP contribution in [0.4, 0.5) is 45.5 Å². The molecule has 3 nitrogen and oxygen atoms in total. The van der Waals surface area contributed by atoms with Gasteiger partial charge in [-0.1, -0.05) is 254 Å². The van der Waals surface area contributed by atoms with Crippen LogP contribution >= 0.6 is 0 Å². The van der Waals surface area contributed by atoms with Gasteiger partial charge in [0, 0.05) is 50.7 Å². The summed E-state index contributed by atoms with van der Waals surface area (Å²) in [6.07, 6.45) is 2.07. The van der Waals surface area contributed by atoms with Crippen molar-refractivity contribution >= 4 is 68.6 Å². The van der Waals surface area contributed by atoms with Crippen molar-refractivity contribution in [3.05, 3.63) is 257 Å². The molecule has 10 aromatic carbocycles. The summed E-state index contributed by atoms with van der Waals surface area (Å²) < 4.78 is 0. The molecule has 0 aromatic heterocycles. The minimum absolute atomic E-state index is 0.0307. The summed E-state index contributed by atoms with van der Waals surface area (Å²) in [5, 5.41) is 0. The molecule has 1 aliphatic carbocycles. The Hall–Kier alpha value is -8.34. The van der Waals surface area contributed by atoms with Gasteiger partial charge >= 0.3 is 0 Å². The van der Waals surface area contributed by atoms with Gasteiger partial charge in [-0.3, -0.25) is 0 Å². The number of anilines is 8. The molecule has 0 amide bonds. The van der Waals surface area contributed by atoms with Crippen molar-refractivity contribution in [1.82, 2.24) is 0 Å². The smallest absolute Gasteiger partial charge is 0.252 e. The minimum Gasteiger partial charge on any atom is -0.330 e. The molecule has 2 atom stereocenters. The van der Waals surface area contributed by atoms with Crippen molar-refractivity contribution in [2.24, 2.45) is 0 Å². The third-order valence-corrected chi connectivity index (χ3v) is 20.3.